The van der Waals surface area contributed by atoms with Crippen molar-refractivity contribution in [2.45, 2.75) is 43.8 Å². The summed E-state index contributed by atoms with van der Waals surface area (Å²) in [5, 5.41) is 39.4. The van der Waals surface area contributed by atoms with E-state index in [1.807, 2.05) is 36.4 Å². The Labute approximate surface area is 230 Å². The SMILES string of the molecule is NC(=O)CCNC[C@H](Cc1ccc(O)cc1)NC[C@H](Cc1ccc(O)cc1)NC[C@@H](N)Cc1ccc(O)cc1. The Morgan fingerprint density at radius 2 is 1.05 bits per heavy atom. The number of amides is 1. The Morgan fingerprint density at radius 3 is 1.51 bits per heavy atom. The van der Waals surface area contributed by atoms with Gasteiger partial charge in [-0.05, 0) is 72.4 Å². The monoisotopic (exact) mass is 535 g/mol. The normalized spacial score (nSPS) is 13.6. The third kappa shape index (κ3) is 11.7. The van der Waals surface area contributed by atoms with Crippen LogP contribution >= 0.6 is 0 Å². The zero-order valence-electron chi connectivity index (χ0n) is 22.2. The first-order valence-corrected chi connectivity index (χ1v) is 13.3. The second-order valence-electron chi connectivity index (χ2n) is 10.0. The second-order valence-corrected chi connectivity index (χ2v) is 10.0. The van der Waals surface area contributed by atoms with E-state index < -0.39 is 0 Å². The van der Waals surface area contributed by atoms with Crippen molar-refractivity contribution in [1.29, 1.82) is 0 Å². The third-order valence-corrected chi connectivity index (χ3v) is 6.53. The number of carbonyl (C=O) groups excluding carboxylic acids is 1. The van der Waals surface area contributed by atoms with Crippen molar-refractivity contribution in [2.75, 3.05) is 26.2 Å². The van der Waals surface area contributed by atoms with Crippen molar-refractivity contribution in [3.8, 4) is 17.2 Å². The van der Waals surface area contributed by atoms with Gasteiger partial charge in [0.05, 0.1) is 0 Å². The van der Waals surface area contributed by atoms with Gasteiger partial charge in [0.1, 0.15) is 17.2 Å². The van der Waals surface area contributed by atoms with E-state index in [-0.39, 0.29) is 47.7 Å². The number of carbonyl (C=O) groups is 1. The van der Waals surface area contributed by atoms with Gasteiger partial charge in [0.25, 0.3) is 0 Å². The summed E-state index contributed by atoms with van der Waals surface area (Å²) in [6.45, 7) is 2.41. The van der Waals surface area contributed by atoms with Crippen LogP contribution in [0.3, 0.4) is 0 Å². The van der Waals surface area contributed by atoms with Crippen LogP contribution < -0.4 is 27.4 Å². The Balaban J connectivity index is 1.63. The number of rotatable bonds is 17. The number of nitrogens with one attached hydrogen (secondary N) is 3. The fraction of sp³-hybridized carbons (Fsp3) is 0.367. The molecule has 0 aromatic heterocycles. The lowest BCUT2D eigenvalue weighted by Crippen LogP contribution is -2.50. The van der Waals surface area contributed by atoms with Crippen LogP contribution in [-0.2, 0) is 24.1 Å². The Morgan fingerprint density at radius 1 is 0.641 bits per heavy atom. The minimum absolute atomic E-state index is 0.0633. The van der Waals surface area contributed by atoms with Gasteiger partial charge in [-0.2, -0.15) is 0 Å². The van der Waals surface area contributed by atoms with Gasteiger partial charge in [-0.25, -0.2) is 0 Å². The number of hydrogen-bond acceptors (Lipinski definition) is 8. The summed E-state index contributed by atoms with van der Waals surface area (Å²) in [4.78, 5) is 11.1. The topological polar surface area (TPSA) is 166 Å². The van der Waals surface area contributed by atoms with Gasteiger partial charge in [0.15, 0.2) is 0 Å². The zero-order valence-corrected chi connectivity index (χ0v) is 22.2. The molecular formula is C30H41N5O4. The maximum atomic E-state index is 11.1. The molecule has 3 aromatic rings. The first-order chi connectivity index (χ1) is 18.8. The molecule has 0 spiro atoms. The van der Waals surface area contributed by atoms with Crippen LogP contribution in [0.1, 0.15) is 23.1 Å². The molecule has 10 N–H and O–H groups in total. The van der Waals surface area contributed by atoms with Crippen molar-refractivity contribution in [3.63, 3.8) is 0 Å². The molecule has 0 heterocycles. The molecule has 1 amide bonds. The number of primary amides is 1. The molecule has 3 rings (SSSR count). The van der Waals surface area contributed by atoms with Crippen molar-refractivity contribution < 1.29 is 20.1 Å². The number of phenolic OH excluding ortho intramolecular Hbond substituents is 3. The van der Waals surface area contributed by atoms with Gasteiger partial charge in [-0.3, -0.25) is 4.79 Å². The highest BCUT2D eigenvalue weighted by molar-refractivity contribution is 5.73. The first-order valence-electron chi connectivity index (χ1n) is 13.3. The number of benzene rings is 3. The maximum absolute atomic E-state index is 11.1. The van der Waals surface area contributed by atoms with E-state index in [2.05, 4.69) is 16.0 Å². The van der Waals surface area contributed by atoms with Crippen LogP contribution in [0.15, 0.2) is 72.8 Å². The predicted molar refractivity (Wildman–Crippen MR) is 154 cm³/mol. The Kier molecular flexibility index (Phi) is 12.0. The summed E-state index contributed by atoms with van der Waals surface area (Å²) in [6.07, 6.45) is 2.42. The van der Waals surface area contributed by atoms with Crippen molar-refractivity contribution >= 4 is 5.91 Å². The van der Waals surface area contributed by atoms with Gasteiger partial charge in [0.2, 0.25) is 5.91 Å². The second kappa shape index (κ2) is 15.7. The van der Waals surface area contributed by atoms with E-state index in [1.165, 1.54) is 0 Å². The number of nitrogens with two attached hydrogens (primary N) is 2. The lowest BCUT2D eigenvalue weighted by Gasteiger charge is -2.26. The molecule has 0 aliphatic rings. The molecule has 0 fully saturated rings. The Bertz CT molecular complexity index is 1120. The van der Waals surface area contributed by atoms with Gasteiger partial charge in [-0.15, -0.1) is 0 Å². The lowest BCUT2D eigenvalue weighted by atomic mass is 10.0. The molecule has 0 radical (unpaired) electrons. The molecule has 3 aromatic carbocycles. The lowest BCUT2D eigenvalue weighted by molar-refractivity contribution is -0.117. The molecule has 0 bridgehead atoms. The molecule has 39 heavy (non-hydrogen) atoms. The third-order valence-electron chi connectivity index (χ3n) is 6.53. The Hall–Kier alpha value is -3.63. The van der Waals surface area contributed by atoms with Crippen LogP contribution in [0.2, 0.25) is 0 Å². The molecule has 0 aliphatic heterocycles. The fourth-order valence-corrected chi connectivity index (χ4v) is 4.39. The van der Waals surface area contributed by atoms with Crippen LogP contribution in [0.5, 0.6) is 17.2 Å². The largest absolute Gasteiger partial charge is 0.508 e. The standard InChI is InChI=1S/C30H41N5O4/c31-24(15-21-1-7-27(36)8-2-21)18-34-26(17-23-5-11-29(38)12-6-23)20-35-25(19-33-14-13-30(32)39)16-22-3-9-28(37)10-4-22/h1-12,24-26,33-38H,13-20,31H2,(H2,32,39)/t24-,25-,26-/m0/s1. The van der Waals surface area contributed by atoms with Gasteiger partial charge >= 0.3 is 0 Å². The minimum atomic E-state index is -0.340. The van der Waals surface area contributed by atoms with Crippen molar-refractivity contribution in [1.82, 2.24) is 16.0 Å². The molecule has 0 saturated heterocycles. The summed E-state index contributed by atoms with van der Waals surface area (Å²) in [7, 11) is 0. The van der Waals surface area contributed by atoms with Crippen molar-refractivity contribution in [2.24, 2.45) is 11.5 Å². The molecule has 9 nitrogen and oxygen atoms in total. The number of aromatic hydroxyl groups is 3. The van der Waals surface area contributed by atoms with Crippen LogP contribution in [0.4, 0.5) is 0 Å². The highest BCUT2D eigenvalue weighted by Crippen LogP contribution is 2.14. The molecule has 0 unspecified atom stereocenters. The molecule has 9 heteroatoms. The predicted octanol–water partition coefficient (Wildman–Crippen LogP) is 1.54. The van der Waals surface area contributed by atoms with Gasteiger partial charge < -0.3 is 42.7 Å². The minimum Gasteiger partial charge on any atom is -0.508 e. The molecule has 0 aliphatic carbocycles. The zero-order chi connectivity index (χ0) is 28.0. The summed E-state index contributed by atoms with van der Waals surface area (Å²) in [5.74, 6) is 0.349. The quantitative estimate of drug-likeness (QED) is 0.121. The fourth-order valence-electron chi connectivity index (χ4n) is 4.39. The summed E-state index contributed by atoms with van der Waals surface area (Å²) < 4.78 is 0. The molecule has 0 saturated carbocycles. The first kappa shape index (κ1) is 29.9. The van der Waals surface area contributed by atoms with Gasteiger partial charge in [0, 0.05) is 50.7 Å². The highest BCUT2D eigenvalue weighted by atomic mass is 16.3. The van der Waals surface area contributed by atoms with Crippen molar-refractivity contribution in [3.05, 3.63) is 89.5 Å². The molecule has 3 atom stereocenters. The summed E-state index contributed by atoms with van der Waals surface area (Å²) in [5.41, 5.74) is 14.9. The van der Waals surface area contributed by atoms with E-state index in [0.29, 0.717) is 32.6 Å². The smallest absolute Gasteiger partial charge is 0.218 e. The van der Waals surface area contributed by atoms with E-state index >= 15 is 0 Å². The van der Waals surface area contributed by atoms with E-state index in [4.69, 9.17) is 11.5 Å². The summed E-state index contributed by atoms with van der Waals surface area (Å²) >= 11 is 0. The summed E-state index contributed by atoms with van der Waals surface area (Å²) in [6, 6.07) is 21.5. The highest BCUT2D eigenvalue weighted by Gasteiger charge is 2.16. The van der Waals surface area contributed by atoms with Gasteiger partial charge in [-0.1, -0.05) is 36.4 Å². The van der Waals surface area contributed by atoms with E-state index in [9.17, 15) is 20.1 Å². The molecule has 210 valence electrons. The molecular weight excluding hydrogens is 494 g/mol. The maximum Gasteiger partial charge on any atom is 0.218 e. The average molecular weight is 536 g/mol. The average Bonchev–Trinajstić information content (AvgIpc) is 2.91. The van der Waals surface area contributed by atoms with Crippen LogP contribution in [0.25, 0.3) is 0 Å². The van der Waals surface area contributed by atoms with E-state index in [0.717, 1.165) is 29.5 Å². The van der Waals surface area contributed by atoms with E-state index in [1.54, 1.807) is 36.4 Å². The number of hydrogen-bond donors (Lipinski definition) is 8. The number of phenols is 3. The van der Waals surface area contributed by atoms with Crippen LogP contribution in [0, 0.1) is 0 Å². The van der Waals surface area contributed by atoms with Crippen LogP contribution in [-0.4, -0.2) is 65.5 Å².